The van der Waals surface area contributed by atoms with Crippen LogP contribution in [0.1, 0.15) is 28.2 Å². The molecule has 42 heavy (non-hydrogen) atoms. The minimum absolute atomic E-state index is 0.0189. The van der Waals surface area contributed by atoms with Gasteiger partial charge in [0.05, 0.1) is 40.0 Å². The maximum Gasteiger partial charge on any atom is 0.337 e. The van der Waals surface area contributed by atoms with Crippen LogP contribution in [-0.4, -0.2) is 57.9 Å². The van der Waals surface area contributed by atoms with Crippen LogP contribution >= 0.6 is 0 Å². The number of methoxy groups -OCH3 is 3. The summed E-state index contributed by atoms with van der Waals surface area (Å²) in [5, 5.41) is 14.8. The lowest BCUT2D eigenvalue weighted by molar-refractivity contribution is -0.384. The standard InChI is InChI=1S/C30H28N6O6/c1-40-16-4-14-34-25-12-6-20(28(37)41-2)18-23(25)32-27(34)19-5-11-26-24(17-19)33-30(42-3,29-31-13-15-35(26)29)21-7-9-22(10-8-21)36(38)39/h5-13,15,17-18,33H,4,14,16H2,1-3H3. The molecular formula is C30H28N6O6. The fourth-order valence-corrected chi connectivity index (χ4v) is 5.46. The van der Waals surface area contributed by atoms with Gasteiger partial charge in [0.15, 0.2) is 5.82 Å². The molecule has 6 rings (SSSR count). The van der Waals surface area contributed by atoms with Crippen LogP contribution < -0.4 is 5.32 Å². The first-order valence-electron chi connectivity index (χ1n) is 13.2. The van der Waals surface area contributed by atoms with Gasteiger partial charge in [0.1, 0.15) is 5.82 Å². The van der Waals surface area contributed by atoms with Crippen molar-refractivity contribution >= 4 is 28.4 Å². The Morgan fingerprint density at radius 2 is 1.88 bits per heavy atom. The van der Waals surface area contributed by atoms with Crippen molar-refractivity contribution in [2.75, 3.05) is 33.3 Å². The van der Waals surface area contributed by atoms with E-state index in [1.807, 2.05) is 35.0 Å². The van der Waals surface area contributed by atoms with Crippen molar-refractivity contribution in [2.24, 2.45) is 0 Å². The zero-order chi connectivity index (χ0) is 29.4. The zero-order valence-electron chi connectivity index (χ0n) is 23.2. The van der Waals surface area contributed by atoms with Gasteiger partial charge in [-0.15, -0.1) is 0 Å². The third-order valence-corrected chi connectivity index (χ3v) is 7.47. The molecule has 12 nitrogen and oxygen atoms in total. The van der Waals surface area contributed by atoms with Gasteiger partial charge in [0.2, 0.25) is 5.72 Å². The smallest absolute Gasteiger partial charge is 0.337 e. The number of non-ortho nitro benzene ring substituents is 1. The van der Waals surface area contributed by atoms with Crippen LogP contribution in [0.4, 0.5) is 11.4 Å². The first-order chi connectivity index (χ1) is 20.4. The molecule has 1 aliphatic heterocycles. The summed E-state index contributed by atoms with van der Waals surface area (Å²) in [5.41, 5.74) is 3.85. The van der Waals surface area contributed by atoms with Crippen LogP contribution in [0.5, 0.6) is 0 Å². The SMILES string of the molecule is COCCCn1c(-c2ccc3c(c2)NC(OC)(c2ccc([N+](=O)[O-])cc2)c2nccn2-3)nc2cc(C(=O)OC)ccc21. The molecule has 1 N–H and O–H groups in total. The Balaban J connectivity index is 1.48. The van der Waals surface area contributed by atoms with E-state index in [-0.39, 0.29) is 5.69 Å². The number of ether oxygens (including phenoxy) is 3. The number of anilines is 1. The Bertz CT molecular complexity index is 1810. The molecule has 5 aromatic rings. The minimum atomic E-state index is -1.21. The second-order valence-electron chi connectivity index (χ2n) is 9.80. The van der Waals surface area contributed by atoms with Crippen LogP contribution in [0.2, 0.25) is 0 Å². The topological polar surface area (TPSA) is 136 Å². The number of nitro benzene ring substituents is 1. The quantitative estimate of drug-likeness (QED) is 0.114. The second-order valence-corrected chi connectivity index (χ2v) is 9.80. The molecule has 12 heteroatoms. The van der Waals surface area contributed by atoms with Gasteiger partial charge in [-0.1, -0.05) is 0 Å². The number of carbonyl (C=O) groups is 1. The monoisotopic (exact) mass is 568 g/mol. The van der Waals surface area contributed by atoms with Crippen molar-refractivity contribution < 1.29 is 23.9 Å². The Kier molecular flexibility index (Phi) is 6.93. The van der Waals surface area contributed by atoms with Crippen molar-refractivity contribution in [1.29, 1.82) is 0 Å². The lowest BCUT2D eigenvalue weighted by Gasteiger charge is -2.38. The Hall–Kier alpha value is -5.07. The molecule has 1 unspecified atom stereocenters. The molecular weight excluding hydrogens is 540 g/mol. The summed E-state index contributed by atoms with van der Waals surface area (Å²) in [6.45, 7) is 1.23. The molecule has 0 saturated heterocycles. The number of rotatable bonds is 9. The summed E-state index contributed by atoms with van der Waals surface area (Å²) < 4.78 is 20.3. The number of hydrogen-bond donors (Lipinski definition) is 1. The van der Waals surface area contributed by atoms with Gasteiger partial charge in [-0.2, -0.15) is 0 Å². The van der Waals surface area contributed by atoms with Gasteiger partial charge in [-0.3, -0.25) is 14.7 Å². The molecule has 3 heterocycles. The molecule has 0 saturated carbocycles. The number of esters is 1. The fraction of sp³-hybridized carbons (Fsp3) is 0.233. The van der Waals surface area contributed by atoms with Crippen LogP contribution in [0.25, 0.3) is 28.1 Å². The number of hydrogen-bond acceptors (Lipinski definition) is 9. The highest BCUT2D eigenvalue weighted by atomic mass is 16.6. The number of nitro groups is 1. The molecule has 0 bridgehead atoms. The molecule has 0 spiro atoms. The number of benzene rings is 3. The van der Waals surface area contributed by atoms with E-state index in [1.54, 1.807) is 44.7 Å². The van der Waals surface area contributed by atoms with E-state index in [2.05, 4.69) is 14.9 Å². The van der Waals surface area contributed by atoms with Crippen molar-refractivity contribution in [3.05, 3.63) is 100 Å². The van der Waals surface area contributed by atoms with Crippen molar-refractivity contribution in [2.45, 2.75) is 18.7 Å². The lowest BCUT2D eigenvalue weighted by atomic mass is 9.97. The number of aromatic nitrogens is 4. The van der Waals surface area contributed by atoms with Gasteiger partial charge >= 0.3 is 5.97 Å². The summed E-state index contributed by atoms with van der Waals surface area (Å²) in [7, 11) is 4.59. The first kappa shape index (κ1) is 27.1. The first-order valence-corrected chi connectivity index (χ1v) is 13.2. The highest BCUT2D eigenvalue weighted by Gasteiger charge is 2.43. The van der Waals surface area contributed by atoms with Gasteiger partial charge in [0.25, 0.3) is 5.69 Å². The van der Waals surface area contributed by atoms with Gasteiger partial charge in [-0.25, -0.2) is 14.8 Å². The summed E-state index contributed by atoms with van der Waals surface area (Å²) in [6, 6.07) is 17.5. The van der Waals surface area contributed by atoms with E-state index < -0.39 is 16.6 Å². The Morgan fingerprint density at radius 3 is 2.60 bits per heavy atom. The van der Waals surface area contributed by atoms with Gasteiger partial charge < -0.3 is 24.1 Å². The summed E-state index contributed by atoms with van der Waals surface area (Å²) >= 11 is 0. The second kappa shape index (κ2) is 10.7. The van der Waals surface area contributed by atoms with E-state index in [1.165, 1.54) is 19.2 Å². The fourth-order valence-electron chi connectivity index (χ4n) is 5.46. The summed E-state index contributed by atoms with van der Waals surface area (Å²) in [6.07, 6.45) is 4.30. The summed E-state index contributed by atoms with van der Waals surface area (Å²) in [5.74, 6) is 0.882. The maximum atomic E-state index is 12.2. The number of carbonyl (C=O) groups excluding carboxylic acids is 1. The third-order valence-electron chi connectivity index (χ3n) is 7.47. The van der Waals surface area contributed by atoms with E-state index in [9.17, 15) is 14.9 Å². The molecule has 214 valence electrons. The average molecular weight is 569 g/mol. The zero-order valence-corrected chi connectivity index (χ0v) is 23.2. The lowest BCUT2D eigenvalue weighted by Crippen LogP contribution is -2.44. The molecule has 3 aromatic carbocycles. The largest absolute Gasteiger partial charge is 0.465 e. The maximum absolute atomic E-state index is 12.2. The Labute approximate surface area is 240 Å². The minimum Gasteiger partial charge on any atom is -0.465 e. The van der Waals surface area contributed by atoms with Crippen molar-refractivity contribution in [3.8, 4) is 17.1 Å². The van der Waals surface area contributed by atoms with E-state index in [0.29, 0.717) is 35.6 Å². The van der Waals surface area contributed by atoms with Gasteiger partial charge in [-0.05, 0) is 55.0 Å². The van der Waals surface area contributed by atoms with E-state index >= 15 is 0 Å². The molecule has 0 aliphatic carbocycles. The average Bonchev–Trinajstić information content (AvgIpc) is 3.66. The van der Waals surface area contributed by atoms with Gasteiger partial charge in [0, 0.05) is 63.0 Å². The van der Waals surface area contributed by atoms with Crippen molar-refractivity contribution in [1.82, 2.24) is 19.1 Å². The predicted octanol–water partition coefficient (Wildman–Crippen LogP) is 4.89. The molecule has 0 amide bonds. The third kappa shape index (κ3) is 4.37. The highest BCUT2D eigenvalue weighted by molar-refractivity contribution is 5.94. The molecule has 1 aliphatic rings. The number of aryl methyl sites for hydroxylation is 1. The summed E-state index contributed by atoms with van der Waals surface area (Å²) in [4.78, 5) is 32.6. The van der Waals surface area contributed by atoms with Crippen LogP contribution in [0.3, 0.4) is 0 Å². The number of imidazole rings is 2. The van der Waals surface area contributed by atoms with E-state index in [4.69, 9.17) is 19.2 Å². The number of nitrogens with zero attached hydrogens (tertiary/aromatic N) is 5. The van der Waals surface area contributed by atoms with Crippen LogP contribution in [0.15, 0.2) is 73.1 Å². The molecule has 1 atom stereocenters. The number of nitrogens with one attached hydrogen (secondary N) is 1. The molecule has 2 aromatic heterocycles. The Morgan fingerprint density at radius 1 is 1.07 bits per heavy atom. The highest BCUT2D eigenvalue weighted by Crippen LogP contribution is 2.43. The molecule has 0 radical (unpaired) electrons. The predicted molar refractivity (Wildman–Crippen MR) is 155 cm³/mol. The number of fused-ring (bicyclic) bond motifs is 4. The van der Waals surface area contributed by atoms with Crippen molar-refractivity contribution in [3.63, 3.8) is 0 Å². The molecule has 0 fully saturated rings. The normalized spacial score (nSPS) is 15.6. The van der Waals surface area contributed by atoms with Crippen LogP contribution in [-0.2, 0) is 26.5 Å². The van der Waals surface area contributed by atoms with Crippen LogP contribution in [0, 0.1) is 10.1 Å². The van der Waals surface area contributed by atoms with E-state index in [0.717, 1.165) is 34.7 Å².